The predicted molar refractivity (Wildman–Crippen MR) is 84.0 cm³/mol. The molecule has 0 radical (unpaired) electrons. The molecular formula is C17H20N2O3. The van der Waals surface area contributed by atoms with Gasteiger partial charge in [-0.3, -0.25) is 4.79 Å². The SMILES string of the molecule is CCOC(=O)c1ccc2cc3n(c2c1)CC(C)(C)CNC3=O. The van der Waals surface area contributed by atoms with Gasteiger partial charge < -0.3 is 14.6 Å². The Labute approximate surface area is 129 Å². The molecule has 1 aliphatic heterocycles. The number of carbonyl (C=O) groups is 2. The third-order valence-electron chi connectivity index (χ3n) is 3.96. The third kappa shape index (κ3) is 2.47. The molecule has 1 N–H and O–H groups in total. The number of esters is 1. The molecule has 0 saturated carbocycles. The summed E-state index contributed by atoms with van der Waals surface area (Å²) in [7, 11) is 0. The number of fused-ring (bicyclic) bond motifs is 3. The number of carbonyl (C=O) groups excluding carboxylic acids is 2. The summed E-state index contributed by atoms with van der Waals surface area (Å²) >= 11 is 0. The van der Waals surface area contributed by atoms with Gasteiger partial charge in [0.05, 0.1) is 12.2 Å². The van der Waals surface area contributed by atoms with Crippen LogP contribution < -0.4 is 5.32 Å². The Hall–Kier alpha value is -2.30. The first-order valence-corrected chi connectivity index (χ1v) is 7.50. The maximum absolute atomic E-state index is 12.3. The van der Waals surface area contributed by atoms with E-state index in [2.05, 4.69) is 19.2 Å². The number of benzene rings is 1. The second kappa shape index (κ2) is 5.16. The van der Waals surface area contributed by atoms with E-state index in [1.54, 1.807) is 13.0 Å². The van der Waals surface area contributed by atoms with Gasteiger partial charge in [-0.2, -0.15) is 0 Å². The zero-order valence-electron chi connectivity index (χ0n) is 13.1. The van der Waals surface area contributed by atoms with Gasteiger partial charge in [0.1, 0.15) is 5.69 Å². The van der Waals surface area contributed by atoms with E-state index in [1.165, 1.54) is 0 Å². The van der Waals surface area contributed by atoms with Crippen molar-refractivity contribution >= 4 is 22.8 Å². The van der Waals surface area contributed by atoms with Crippen molar-refractivity contribution in [3.63, 3.8) is 0 Å². The first-order valence-electron chi connectivity index (χ1n) is 7.50. The maximum Gasteiger partial charge on any atom is 0.338 e. The number of rotatable bonds is 2. The molecule has 2 heterocycles. The van der Waals surface area contributed by atoms with Crippen molar-refractivity contribution in [2.45, 2.75) is 27.3 Å². The van der Waals surface area contributed by atoms with E-state index in [9.17, 15) is 9.59 Å². The highest BCUT2D eigenvalue weighted by molar-refractivity contribution is 6.01. The summed E-state index contributed by atoms with van der Waals surface area (Å²) in [5.74, 6) is -0.406. The van der Waals surface area contributed by atoms with Gasteiger partial charge in [-0.1, -0.05) is 19.9 Å². The van der Waals surface area contributed by atoms with Crippen LogP contribution in [-0.2, 0) is 11.3 Å². The number of hydrogen-bond acceptors (Lipinski definition) is 3. The van der Waals surface area contributed by atoms with Crippen LogP contribution in [0.5, 0.6) is 0 Å². The molecular weight excluding hydrogens is 280 g/mol. The van der Waals surface area contributed by atoms with Crippen molar-refractivity contribution in [1.82, 2.24) is 9.88 Å². The lowest BCUT2D eigenvalue weighted by Gasteiger charge is -2.23. The molecule has 0 unspecified atom stereocenters. The highest BCUT2D eigenvalue weighted by Gasteiger charge is 2.28. The standard InChI is InChI=1S/C17H20N2O3/c1-4-22-16(21)12-6-5-11-7-14-15(20)18-9-17(2,3)10-19(14)13(11)8-12/h5-8H,4,9-10H2,1-3H3,(H,18,20). The van der Waals surface area contributed by atoms with E-state index < -0.39 is 0 Å². The minimum Gasteiger partial charge on any atom is -0.462 e. The number of nitrogens with one attached hydrogen (secondary N) is 1. The van der Waals surface area contributed by atoms with Gasteiger partial charge >= 0.3 is 5.97 Å². The summed E-state index contributed by atoms with van der Waals surface area (Å²) in [5, 5.41) is 3.91. The molecule has 0 spiro atoms. The molecule has 22 heavy (non-hydrogen) atoms. The fraction of sp³-hybridized carbons (Fsp3) is 0.412. The quantitative estimate of drug-likeness (QED) is 0.867. The van der Waals surface area contributed by atoms with Crippen LogP contribution in [0, 0.1) is 5.41 Å². The van der Waals surface area contributed by atoms with Crippen LogP contribution in [0.25, 0.3) is 10.9 Å². The van der Waals surface area contributed by atoms with Crippen LogP contribution in [0.2, 0.25) is 0 Å². The molecule has 1 aromatic heterocycles. The Morgan fingerprint density at radius 3 is 2.86 bits per heavy atom. The van der Waals surface area contributed by atoms with Crippen molar-refractivity contribution in [1.29, 1.82) is 0 Å². The van der Waals surface area contributed by atoms with Crippen LogP contribution in [0.15, 0.2) is 24.3 Å². The van der Waals surface area contributed by atoms with Gasteiger partial charge in [0, 0.05) is 29.4 Å². The third-order valence-corrected chi connectivity index (χ3v) is 3.96. The van der Waals surface area contributed by atoms with E-state index >= 15 is 0 Å². The van der Waals surface area contributed by atoms with Crippen molar-refractivity contribution < 1.29 is 14.3 Å². The molecule has 0 saturated heterocycles. The second-order valence-corrected chi connectivity index (χ2v) is 6.46. The molecule has 0 aliphatic carbocycles. The minimum absolute atomic E-state index is 0.0488. The van der Waals surface area contributed by atoms with Crippen LogP contribution in [-0.4, -0.2) is 29.6 Å². The molecule has 1 amide bonds. The summed E-state index contributed by atoms with van der Waals surface area (Å²) < 4.78 is 7.06. The first kappa shape index (κ1) is 14.6. The van der Waals surface area contributed by atoms with Crippen LogP contribution >= 0.6 is 0 Å². The van der Waals surface area contributed by atoms with Gasteiger partial charge in [-0.15, -0.1) is 0 Å². The van der Waals surface area contributed by atoms with Gasteiger partial charge in [-0.05, 0) is 25.1 Å². The number of ether oxygens (including phenoxy) is 1. The van der Waals surface area contributed by atoms with Gasteiger partial charge in [0.15, 0.2) is 0 Å². The van der Waals surface area contributed by atoms with Gasteiger partial charge in [-0.25, -0.2) is 4.79 Å². The van der Waals surface area contributed by atoms with Crippen LogP contribution in [0.1, 0.15) is 41.6 Å². The first-order chi connectivity index (χ1) is 10.4. The summed E-state index contributed by atoms with van der Waals surface area (Å²) in [6.07, 6.45) is 0. The van der Waals surface area contributed by atoms with E-state index in [0.29, 0.717) is 24.4 Å². The Kier molecular flexibility index (Phi) is 3.43. The fourth-order valence-electron chi connectivity index (χ4n) is 2.85. The Bertz CT molecular complexity index is 759. The largest absolute Gasteiger partial charge is 0.462 e. The van der Waals surface area contributed by atoms with E-state index in [4.69, 9.17) is 4.74 Å². The predicted octanol–water partition coefficient (Wildman–Crippen LogP) is 2.59. The van der Waals surface area contributed by atoms with Gasteiger partial charge in [0.2, 0.25) is 0 Å². The summed E-state index contributed by atoms with van der Waals surface area (Å²) in [6, 6.07) is 7.29. The molecule has 5 heteroatoms. The van der Waals surface area contributed by atoms with Crippen LogP contribution in [0.4, 0.5) is 0 Å². The molecule has 3 rings (SSSR count). The number of aromatic nitrogens is 1. The molecule has 0 fully saturated rings. The van der Waals surface area contributed by atoms with Crippen molar-refractivity contribution in [3.05, 3.63) is 35.5 Å². The second-order valence-electron chi connectivity index (χ2n) is 6.46. The number of hydrogen-bond donors (Lipinski definition) is 1. The van der Waals surface area contributed by atoms with E-state index in [-0.39, 0.29) is 17.3 Å². The Balaban J connectivity index is 2.15. The lowest BCUT2D eigenvalue weighted by atomic mass is 9.93. The van der Waals surface area contributed by atoms with Crippen LogP contribution in [0.3, 0.4) is 0 Å². The molecule has 0 atom stereocenters. The average molecular weight is 300 g/mol. The van der Waals surface area contributed by atoms with Crippen molar-refractivity contribution in [3.8, 4) is 0 Å². The zero-order valence-corrected chi connectivity index (χ0v) is 13.1. The number of amides is 1. The topological polar surface area (TPSA) is 60.3 Å². The molecule has 116 valence electrons. The normalized spacial score (nSPS) is 16.8. The molecule has 1 aliphatic rings. The van der Waals surface area contributed by atoms with Crippen molar-refractivity contribution in [2.75, 3.05) is 13.2 Å². The average Bonchev–Trinajstić information content (AvgIpc) is 2.77. The fourth-order valence-corrected chi connectivity index (χ4v) is 2.85. The molecule has 2 aromatic rings. The Morgan fingerprint density at radius 1 is 1.36 bits per heavy atom. The summed E-state index contributed by atoms with van der Waals surface area (Å²) in [6.45, 7) is 7.71. The highest BCUT2D eigenvalue weighted by atomic mass is 16.5. The number of nitrogens with zero attached hydrogens (tertiary/aromatic N) is 1. The smallest absolute Gasteiger partial charge is 0.338 e. The summed E-state index contributed by atoms with van der Waals surface area (Å²) in [4.78, 5) is 24.2. The molecule has 1 aromatic carbocycles. The monoisotopic (exact) mass is 300 g/mol. The highest BCUT2D eigenvalue weighted by Crippen LogP contribution is 2.28. The Morgan fingerprint density at radius 2 is 2.14 bits per heavy atom. The molecule has 5 nitrogen and oxygen atoms in total. The van der Waals surface area contributed by atoms with E-state index in [1.807, 2.05) is 22.8 Å². The van der Waals surface area contributed by atoms with E-state index in [0.717, 1.165) is 17.4 Å². The summed E-state index contributed by atoms with van der Waals surface area (Å²) in [5.41, 5.74) is 2.00. The van der Waals surface area contributed by atoms with Crippen molar-refractivity contribution in [2.24, 2.45) is 5.41 Å². The zero-order chi connectivity index (χ0) is 15.9. The lowest BCUT2D eigenvalue weighted by molar-refractivity contribution is 0.0526. The minimum atomic E-state index is -0.336. The lowest BCUT2D eigenvalue weighted by Crippen LogP contribution is -2.31. The molecule has 0 bridgehead atoms. The van der Waals surface area contributed by atoms with Gasteiger partial charge in [0.25, 0.3) is 5.91 Å². The maximum atomic E-state index is 12.3.